The minimum Gasteiger partial charge on any atom is -0.493 e. The maximum atomic E-state index is 5.79. The second-order valence-corrected chi connectivity index (χ2v) is 5.52. The molecule has 0 saturated heterocycles. The van der Waals surface area contributed by atoms with Crippen LogP contribution in [0, 0.1) is 6.92 Å². The number of rotatable bonds is 3. The zero-order valence-electron chi connectivity index (χ0n) is 11.8. The van der Waals surface area contributed by atoms with E-state index in [0.717, 1.165) is 34.8 Å². The standard InChI is InChI=1S/C16H17N3OS/c1-10-6-7-12(15(17)21)16(18-10)19-13-8-9-20-14-5-3-2-4-11(13)14/h2-7,13H,8-9H2,1H3,(H2,17,21)(H,18,19). The number of aromatic nitrogens is 1. The number of aryl methyl sites for hydroxylation is 1. The molecule has 1 aromatic heterocycles. The van der Waals surface area contributed by atoms with Crippen LogP contribution in [0.4, 0.5) is 5.82 Å². The quantitative estimate of drug-likeness (QED) is 0.853. The van der Waals surface area contributed by atoms with Crippen LogP contribution in [0.15, 0.2) is 36.4 Å². The highest BCUT2D eigenvalue weighted by atomic mass is 32.1. The molecule has 3 N–H and O–H groups in total. The summed E-state index contributed by atoms with van der Waals surface area (Å²) in [6.07, 6.45) is 0.878. The zero-order valence-corrected chi connectivity index (χ0v) is 12.6. The molecule has 5 heteroatoms. The van der Waals surface area contributed by atoms with Crippen molar-refractivity contribution < 1.29 is 4.74 Å². The third-order valence-corrected chi connectivity index (χ3v) is 3.79. The maximum absolute atomic E-state index is 5.79. The number of hydrogen-bond donors (Lipinski definition) is 2. The molecule has 2 aromatic rings. The van der Waals surface area contributed by atoms with Crippen molar-refractivity contribution in [2.75, 3.05) is 11.9 Å². The maximum Gasteiger partial charge on any atom is 0.136 e. The fraction of sp³-hybridized carbons (Fsp3) is 0.250. The molecule has 3 rings (SSSR count). The van der Waals surface area contributed by atoms with E-state index in [9.17, 15) is 0 Å². The number of ether oxygens (including phenoxy) is 1. The topological polar surface area (TPSA) is 60.2 Å². The third-order valence-electron chi connectivity index (χ3n) is 3.57. The van der Waals surface area contributed by atoms with Crippen LogP contribution in [0.25, 0.3) is 0 Å². The van der Waals surface area contributed by atoms with Gasteiger partial charge < -0.3 is 15.8 Å². The molecule has 0 aliphatic carbocycles. The number of nitrogens with one attached hydrogen (secondary N) is 1. The van der Waals surface area contributed by atoms with Gasteiger partial charge in [0.1, 0.15) is 16.6 Å². The fourth-order valence-corrected chi connectivity index (χ4v) is 2.69. The van der Waals surface area contributed by atoms with Crippen LogP contribution in [0.3, 0.4) is 0 Å². The van der Waals surface area contributed by atoms with Gasteiger partial charge in [-0.3, -0.25) is 0 Å². The second-order valence-electron chi connectivity index (χ2n) is 5.08. The Bertz CT molecular complexity index is 687. The second kappa shape index (κ2) is 5.69. The van der Waals surface area contributed by atoms with Gasteiger partial charge in [0.2, 0.25) is 0 Å². The average Bonchev–Trinajstić information content (AvgIpc) is 2.47. The van der Waals surface area contributed by atoms with Gasteiger partial charge in [0.25, 0.3) is 0 Å². The van der Waals surface area contributed by atoms with E-state index in [1.165, 1.54) is 0 Å². The number of pyridine rings is 1. The highest BCUT2D eigenvalue weighted by Crippen LogP contribution is 2.34. The number of para-hydroxylation sites is 1. The van der Waals surface area contributed by atoms with E-state index in [1.54, 1.807) is 0 Å². The number of hydrogen-bond acceptors (Lipinski definition) is 4. The largest absolute Gasteiger partial charge is 0.493 e. The van der Waals surface area contributed by atoms with Gasteiger partial charge in [-0.15, -0.1) is 0 Å². The SMILES string of the molecule is Cc1ccc(C(N)=S)c(NC2CCOc3ccccc32)n1. The van der Waals surface area contributed by atoms with Gasteiger partial charge in [-0.05, 0) is 25.1 Å². The van der Waals surface area contributed by atoms with Crippen LogP contribution in [0.2, 0.25) is 0 Å². The Morgan fingerprint density at radius 2 is 2.14 bits per heavy atom. The van der Waals surface area contributed by atoms with E-state index < -0.39 is 0 Å². The number of benzene rings is 1. The molecule has 1 aliphatic heterocycles. The molecule has 108 valence electrons. The molecule has 1 aliphatic rings. The summed E-state index contributed by atoms with van der Waals surface area (Å²) in [7, 11) is 0. The molecule has 2 heterocycles. The lowest BCUT2D eigenvalue weighted by Crippen LogP contribution is -2.23. The monoisotopic (exact) mass is 299 g/mol. The first kappa shape index (κ1) is 13.8. The summed E-state index contributed by atoms with van der Waals surface area (Å²) in [6.45, 7) is 2.63. The van der Waals surface area contributed by atoms with Gasteiger partial charge in [-0.25, -0.2) is 4.98 Å². The van der Waals surface area contributed by atoms with Gasteiger partial charge in [0, 0.05) is 17.7 Å². The van der Waals surface area contributed by atoms with E-state index in [1.807, 2.05) is 37.3 Å². The molecular formula is C16H17N3OS. The molecule has 0 amide bonds. The highest BCUT2D eigenvalue weighted by molar-refractivity contribution is 7.80. The van der Waals surface area contributed by atoms with Crippen molar-refractivity contribution >= 4 is 23.0 Å². The van der Waals surface area contributed by atoms with E-state index in [-0.39, 0.29) is 6.04 Å². The average molecular weight is 299 g/mol. The summed E-state index contributed by atoms with van der Waals surface area (Å²) in [6, 6.07) is 12.0. The van der Waals surface area contributed by atoms with Crippen molar-refractivity contribution in [3.63, 3.8) is 0 Å². The molecule has 0 radical (unpaired) electrons. The molecular weight excluding hydrogens is 282 g/mol. The molecule has 0 bridgehead atoms. The van der Waals surface area contributed by atoms with Gasteiger partial charge in [0.05, 0.1) is 18.2 Å². The van der Waals surface area contributed by atoms with E-state index in [0.29, 0.717) is 11.6 Å². The number of fused-ring (bicyclic) bond motifs is 1. The van der Waals surface area contributed by atoms with Gasteiger partial charge >= 0.3 is 0 Å². The summed E-state index contributed by atoms with van der Waals surface area (Å²) in [5.41, 5.74) is 8.64. The molecule has 0 spiro atoms. The minimum atomic E-state index is 0.150. The summed E-state index contributed by atoms with van der Waals surface area (Å²) < 4.78 is 5.68. The third kappa shape index (κ3) is 2.83. The van der Waals surface area contributed by atoms with Crippen LogP contribution in [-0.4, -0.2) is 16.6 Å². The number of thiocarbonyl (C=S) groups is 1. The lowest BCUT2D eigenvalue weighted by molar-refractivity contribution is 0.274. The molecule has 0 fully saturated rings. The first-order valence-electron chi connectivity index (χ1n) is 6.91. The van der Waals surface area contributed by atoms with Crippen molar-refractivity contribution in [2.24, 2.45) is 5.73 Å². The van der Waals surface area contributed by atoms with Gasteiger partial charge in [0.15, 0.2) is 0 Å². The van der Waals surface area contributed by atoms with Crippen LogP contribution in [-0.2, 0) is 0 Å². The Morgan fingerprint density at radius 1 is 1.33 bits per heavy atom. The molecule has 21 heavy (non-hydrogen) atoms. The number of anilines is 1. The first-order valence-corrected chi connectivity index (χ1v) is 7.31. The van der Waals surface area contributed by atoms with Crippen molar-refractivity contribution in [3.8, 4) is 5.75 Å². The van der Waals surface area contributed by atoms with Crippen LogP contribution in [0.5, 0.6) is 5.75 Å². The Kier molecular flexibility index (Phi) is 3.75. The summed E-state index contributed by atoms with van der Waals surface area (Å²) >= 11 is 5.11. The molecule has 4 nitrogen and oxygen atoms in total. The lowest BCUT2D eigenvalue weighted by Gasteiger charge is -2.27. The highest BCUT2D eigenvalue weighted by Gasteiger charge is 2.22. The normalized spacial score (nSPS) is 16.7. The van der Waals surface area contributed by atoms with Gasteiger partial charge in [-0.1, -0.05) is 30.4 Å². The number of nitrogens with zero attached hydrogens (tertiary/aromatic N) is 1. The lowest BCUT2D eigenvalue weighted by atomic mass is 10.0. The Morgan fingerprint density at radius 3 is 2.95 bits per heavy atom. The zero-order chi connectivity index (χ0) is 14.8. The fourth-order valence-electron chi connectivity index (χ4n) is 2.52. The molecule has 1 atom stereocenters. The minimum absolute atomic E-state index is 0.150. The first-order chi connectivity index (χ1) is 10.1. The van der Waals surface area contributed by atoms with Crippen LogP contribution >= 0.6 is 12.2 Å². The van der Waals surface area contributed by atoms with Crippen LogP contribution in [0.1, 0.15) is 29.3 Å². The summed E-state index contributed by atoms with van der Waals surface area (Å²) in [5.74, 6) is 1.66. The van der Waals surface area contributed by atoms with Crippen LogP contribution < -0.4 is 15.8 Å². The predicted molar refractivity (Wildman–Crippen MR) is 87.8 cm³/mol. The summed E-state index contributed by atoms with van der Waals surface area (Å²) in [4.78, 5) is 4.89. The Labute approximate surface area is 129 Å². The van der Waals surface area contributed by atoms with E-state index >= 15 is 0 Å². The Balaban J connectivity index is 1.95. The number of nitrogens with two attached hydrogens (primary N) is 1. The van der Waals surface area contributed by atoms with Crippen molar-refractivity contribution in [3.05, 3.63) is 53.2 Å². The summed E-state index contributed by atoms with van der Waals surface area (Å²) in [5, 5.41) is 3.47. The Hall–Kier alpha value is -2.14. The van der Waals surface area contributed by atoms with Crippen molar-refractivity contribution in [1.29, 1.82) is 0 Å². The smallest absolute Gasteiger partial charge is 0.136 e. The van der Waals surface area contributed by atoms with Crippen molar-refractivity contribution in [2.45, 2.75) is 19.4 Å². The molecule has 1 unspecified atom stereocenters. The van der Waals surface area contributed by atoms with E-state index in [4.69, 9.17) is 22.7 Å². The molecule has 0 saturated carbocycles. The van der Waals surface area contributed by atoms with Gasteiger partial charge in [-0.2, -0.15) is 0 Å². The van der Waals surface area contributed by atoms with E-state index in [2.05, 4.69) is 16.4 Å². The van der Waals surface area contributed by atoms with Crippen molar-refractivity contribution in [1.82, 2.24) is 4.98 Å². The predicted octanol–water partition coefficient (Wildman–Crippen LogP) is 2.96. The molecule has 1 aromatic carbocycles.